The van der Waals surface area contributed by atoms with E-state index in [2.05, 4.69) is 47.5 Å². The second-order valence-corrected chi connectivity index (χ2v) is 5.05. The quantitative estimate of drug-likeness (QED) is 0.765. The van der Waals surface area contributed by atoms with Crippen LogP contribution in [0.15, 0.2) is 22.7 Å². The van der Waals surface area contributed by atoms with E-state index in [9.17, 15) is 13.2 Å². The molecule has 94 valence electrons. The Morgan fingerprint density at radius 1 is 1.22 bits per heavy atom. The van der Waals surface area contributed by atoms with Gasteiger partial charge in [0.25, 0.3) is 0 Å². The van der Waals surface area contributed by atoms with Crippen molar-refractivity contribution < 1.29 is 17.9 Å². The number of nitrogens with zero attached hydrogens (tertiary/aromatic N) is 2. The summed E-state index contributed by atoms with van der Waals surface area (Å²) >= 11 is 5.27. The fraction of sp³-hybridized carbons (Fsp3) is 0.200. The van der Waals surface area contributed by atoms with Crippen LogP contribution in [-0.4, -0.2) is 39.6 Å². The predicted molar refractivity (Wildman–Crippen MR) is 64.2 cm³/mol. The van der Waals surface area contributed by atoms with Gasteiger partial charge in [-0.1, -0.05) is 0 Å². The summed E-state index contributed by atoms with van der Waals surface area (Å²) in [5, 5.41) is 0.363. The van der Waals surface area contributed by atoms with E-state index in [0.717, 1.165) is 0 Å². The van der Waals surface area contributed by atoms with E-state index in [1.54, 1.807) is 18.2 Å². The molecule has 0 aliphatic carbocycles. The second kappa shape index (κ2) is 5.45. The molecule has 0 aliphatic rings. The number of halogens is 4. The Balaban J connectivity index is 2.51. The molecule has 0 bridgehead atoms. The monoisotopic (exact) mass is 380 g/mol. The molecular weight excluding hydrogens is 376 g/mol. The van der Waals surface area contributed by atoms with Crippen molar-refractivity contribution in [1.82, 2.24) is 9.97 Å². The zero-order valence-corrected chi connectivity index (χ0v) is 12.1. The number of alkyl halides is 3. The van der Waals surface area contributed by atoms with Crippen LogP contribution in [0, 0.1) is 0 Å². The molecule has 3 nitrogen and oxygen atoms in total. The van der Waals surface area contributed by atoms with Crippen molar-refractivity contribution in [3.8, 4) is 5.88 Å². The molecule has 0 amide bonds. The van der Waals surface area contributed by atoms with E-state index in [-0.39, 0.29) is 10.5 Å². The van der Waals surface area contributed by atoms with Crippen LogP contribution in [-0.2, 0) is 0 Å². The van der Waals surface area contributed by atoms with Gasteiger partial charge in [-0.25, -0.2) is 0 Å². The summed E-state index contributed by atoms with van der Waals surface area (Å²) in [5.74, 6) is -0.204. The Morgan fingerprint density at radius 2 is 1.94 bits per heavy atom. The molecule has 1 aromatic heterocycles. The van der Waals surface area contributed by atoms with E-state index >= 15 is 0 Å². The number of fused-ring (bicyclic) bond motifs is 1. The summed E-state index contributed by atoms with van der Waals surface area (Å²) in [7, 11) is 0. The molecule has 1 atom stereocenters. The molecule has 2 rings (SSSR count). The predicted octanol–water partition coefficient (Wildman–Crippen LogP) is 2.13. The van der Waals surface area contributed by atoms with Gasteiger partial charge in [0, 0.05) is 0 Å². The molecule has 0 spiro atoms. The Kier molecular flexibility index (Phi) is 4.12. The van der Waals surface area contributed by atoms with Crippen LogP contribution in [0.1, 0.15) is 0 Å². The van der Waals surface area contributed by atoms with E-state index in [1.807, 2.05) is 0 Å². The molecule has 2 radical (unpaired) electrons. The summed E-state index contributed by atoms with van der Waals surface area (Å²) in [6.07, 6.45) is -5.94. The van der Waals surface area contributed by atoms with Crippen LogP contribution in [0.2, 0.25) is 0 Å². The summed E-state index contributed by atoms with van der Waals surface area (Å²) < 4.78 is 42.7. The van der Waals surface area contributed by atoms with Gasteiger partial charge >= 0.3 is 118 Å². The third-order valence-electron chi connectivity index (χ3n) is 2.03. The molecule has 18 heavy (non-hydrogen) atoms. The number of ether oxygens (including phenoxy) is 1. The molecule has 0 aliphatic heterocycles. The summed E-state index contributed by atoms with van der Waals surface area (Å²) in [4.78, 5) is 7.89. The van der Waals surface area contributed by atoms with Crippen molar-refractivity contribution in [2.45, 2.75) is 12.8 Å². The van der Waals surface area contributed by atoms with E-state index in [4.69, 9.17) is 0 Å². The molecule has 1 unspecified atom stereocenters. The van der Waals surface area contributed by atoms with Crippen LogP contribution >= 0.6 is 15.9 Å². The van der Waals surface area contributed by atoms with E-state index in [0.29, 0.717) is 15.4 Å². The number of hydrogen-bond acceptors (Lipinski definition) is 3. The summed E-state index contributed by atoms with van der Waals surface area (Å²) in [6, 6.07) is 4.96. The maximum atomic E-state index is 12.9. The zero-order chi connectivity index (χ0) is 13.3. The second-order valence-electron chi connectivity index (χ2n) is 3.29. The maximum absolute atomic E-state index is 12.9. The fourth-order valence-corrected chi connectivity index (χ4v) is 2.09. The molecule has 0 fully saturated rings. The molecule has 0 N–H and O–H groups in total. The molecule has 0 saturated heterocycles. The molecule has 2 aromatic rings. The van der Waals surface area contributed by atoms with Crippen molar-refractivity contribution in [2.24, 2.45) is 0 Å². The van der Waals surface area contributed by atoms with Crippen LogP contribution in [0.3, 0.4) is 0 Å². The van der Waals surface area contributed by atoms with Crippen molar-refractivity contribution in [2.75, 3.05) is 0 Å². The van der Waals surface area contributed by atoms with Gasteiger partial charge in [0.2, 0.25) is 0 Å². The van der Waals surface area contributed by atoms with Gasteiger partial charge < -0.3 is 0 Å². The van der Waals surface area contributed by atoms with Crippen molar-refractivity contribution in [1.29, 1.82) is 0 Å². The van der Waals surface area contributed by atoms with Crippen molar-refractivity contribution in [3.05, 3.63) is 22.7 Å². The van der Waals surface area contributed by atoms with Gasteiger partial charge in [-0.05, 0) is 0 Å². The third kappa shape index (κ3) is 2.95. The van der Waals surface area contributed by atoms with Crippen molar-refractivity contribution >= 4 is 48.3 Å². The molecule has 1 heterocycles. The van der Waals surface area contributed by atoms with Crippen LogP contribution in [0.25, 0.3) is 10.9 Å². The van der Waals surface area contributed by atoms with Gasteiger partial charge in [0.05, 0.1) is 0 Å². The average molecular weight is 381 g/mol. The number of benzene rings is 1. The molecule has 1 aromatic carbocycles. The van der Waals surface area contributed by atoms with Gasteiger partial charge in [0.1, 0.15) is 0 Å². The zero-order valence-electron chi connectivity index (χ0n) is 8.65. The fourth-order valence-electron chi connectivity index (χ4n) is 1.31. The number of aromatic nitrogens is 2. The summed E-state index contributed by atoms with van der Waals surface area (Å²) in [5.41, 5.74) is 0.486. The van der Waals surface area contributed by atoms with Gasteiger partial charge in [-0.3, -0.25) is 0 Å². The first-order valence-corrected chi connectivity index (χ1v) is 6.45. The van der Waals surface area contributed by atoms with Gasteiger partial charge in [-0.15, -0.1) is 0 Å². The molecule has 8 heteroatoms. The topological polar surface area (TPSA) is 35.0 Å². The Morgan fingerprint density at radius 3 is 2.61 bits per heavy atom. The molecular formula is C10H5AsBrF3N2O. The summed E-state index contributed by atoms with van der Waals surface area (Å²) in [6.45, 7) is 0. The van der Waals surface area contributed by atoms with Gasteiger partial charge in [-0.2, -0.15) is 0 Å². The van der Waals surface area contributed by atoms with E-state index < -0.39 is 12.8 Å². The standard InChI is InChI=1S/C10H5AsBrF3N2O/c11-10-16-6-2-1-4(12)3-5(6)9(17-10)18-8(15)7(13)14/h1-3,7-8H. The first-order chi connectivity index (χ1) is 8.47. The van der Waals surface area contributed by atoms with Crippen LogP contribution in [0.4, 0.5) is 13.2 Å². The van der Waals surface area contributed by atoms with Crippen molar-refractivity contribution in [3.63, 3.8) is 0 Å². The van der Waals surface area contributed by atoms with Gasteiger partial charge in [0.15, 0.2) is 0 Å². The first kappa shape index (κ1) is 13.6. The Bertz CT molecular complexity index is 584. The SMILES string of the molecule is FC(F)C(F)Oc1nc([As])nc2ccc(Br)cc12. The van der Waals surface area contributed by atoms with Crippen LogP contribution in [0.5, 0.6) is 5.88 Å². The molecule has 0 saturated carbocycles. The normalized spacial score (nSPS) is 13.0. The number of rotatable bonds is 3. The minimum atomic E-state index is -3.23. The van der Waals surface area contributed by atoms with Crippen LogP contribution < -0.4 is 9.35 Å². The Labute approximate surface area is 117 Å². The number of hydrogen-bond donors (Lipinski definition) is 0. The Hall–Kier alpha value is -0.812. The van der Waals surface area contributed by atoms with E-state index in [1.165, 1.54) is 0 Å². The average Bonchev–Trinajstić information content (AvgIpc) is 2.29. The third-order valence-corrected chi connectivity index (χ3v) is 2.95. The first-order valence-electron chi connectivity index (χ1n) is 4.72. The minimum absolute atomic E-state index is 0.204.